The summed E-state index contributed by atoms with van der Waals surface area (Å²) in [5, 5.41) is 0. The first-order valence-corrected chi connectivity index (χ1v) is 9.31. The third kappa shape index (κ3) is 3.12. The van der Waals surface area contributed by atoms with Gasteiger partial charge in [-0.3, -0.25) is 14.8 Å². The van der Waals surface area contributed by atoms with Crippen LogP contribution in [0.5, 0.6) is 0 Å². The van der Waals surface area contributed by atoms with Gasteiger partial charge in [-0.2, -0.15) is 0 Å². The van der Waals surface area contributed by atoms with Gasteiger partial charge >= 0.3 is 0 Å². The van der Waals surface area contributed by atoms with Crippen molar-refractivity contribution in [1.29, 1.82) is 0 Å². The minimum atomic E-state index is -0.432. The van der Waals surface area contributed by atoms with Gasteiger partial charge in [-0.15, -0.1) is 0 Å². The maximum absolute atomic E-state index is 11.9. The van der Waals surface area contributed by atoms with Gasteiger partial charge in [-0.1, -0.05) is 23.8 Å². The molecule has 2 bridgehead atoms. The molecule has 4 nitrogen and oxygen atoms in total. The van der Waals surface area contributed by atoms with Gasteiger partial charge in [-0.05, 0) is 55.7 Å². The van der Waals surface area contributed by atoms with Crippen LogP contribution in [0.4, 0.5) is 0 Å². The first-order valence-electron chi connectivity index (χ1n) is 9.31. The topological polar surface area (TPSA) is 58.1 Å². The number of H-pyrrole nitrogens is 1. The number of aromatic amines is 1. The molecule has 2 aromatic rings. The third-order valence-corrected chi connectivity index (χ3v) is 5.45. The average molecular weight is 357 g/mol. The molecule has 0 radical (unpaired) electrons. The van der Waals surface area contributed by atoms with Crippen molar-refractivity contribution in [2.45, 2.75) is 32.2 Å². The second-order valence-electron chi connectivity index (χ2n) is 7.24. The van der Waals surface area contributed by atoms with E-state index in [9.17, 15) is 4.79 Å². The lowest BCUT2D eigenvalue weighted by Gasteiger charge is -2.45. The van der Waals surface area contributed by atoms with E-state index >= 15 is 0 Å². The summed E-state index contributed by atoms with van der Waals surface area (Å²) in [6.07, 6.45) is 15.6. The minimum absolute atomic E-state index is 0.0480. The number of allylic oxidation sites excluding steroid dienone is 3. The smallest absolute Gasteiger partial charge is 0.248 e. The van der Waals surface area contributed by atoms with Crippen molar-refractivity contribution in [2.75, 3.05) is 0 Å². The Balaban J connectivity index is 1.79. The van der Waals surface area contributed by atoms with Crippen molar-refractivity contribution in [3.8, 4) is 0 Å². The molecule has 0 amide bonds. The molecule has 0 fully saturated rings. The summed E-state index contributed by atoms with van der Waals surface area (Å²) in [6, 6.07) is 7.49. The van der Waals surface area contributed by atoms with Crippen molar-refractivity contribution in [3.05, 3.63) is 93.2 Å². The maximum atomic E-state index is 11.9. The number of aromatic nitrogens is 2. The lowest BCUT2D eigenvalue weighted by molar-refractivity contribution is 0.413. The summed E-state index contributed by atoms with van der Waals surface area (Å²) in [4.78, 5) is 24.0. The SMILES string of the molecule is CC=C1[C@H]2C=C(C)C[C@]1(N=CC=Cc1ccncc1)c1ccc(=O)[nH]c1C2. The molecule has 4 rings (SSSR count). The summed E-state index contributed by atoms with van der Waals surface area (Å²) < 4.78 is 0. The van der Waals surface area contributed by atoms with Gasteiger partial charge in [0, 0.05) is 48.3 Å². The molecule has 2 aliphatic carbocycles. The molecule has 1 N–H and O–H groups in total. The van der Waals surface area contributed by atoms with E-state index in [-0.39, 0.29) is 11.5 Å². The summed E-state index contributed by atoms with van der Waals surface area (Å²) in [7, 11) is 0. The predicted octanol–water partition coefficient (Wildman–Crippen LogP) is 4.22. The second-order valence-corrected chi connectivity index (χ2v) is 7.24. The van der Waals surface area contributed by atoms with Gasteiger partial charge in [0.2, 0.25) is 5.56 Å². The van der Waals surface area contributed by atoms with E-state index in [1.165, 1.54) is 11.1 Å². The van der Waals surface area contributed by atoms with E-state index in [0.717, 1.165) is 29.7 Å². The van der Waals surface area contributed by atoms with Crippen molar-refractivity contribution in [2.24, 2.45) is 10.9 Å². The molecule has 4 heteroatoms. The van der Waals surface area contributed by atoms with Crippen LogP contribution < -0.4 is 5.56 Å². The molecule has 27 heavy (non-hydrogen) atoms. The van der Waals surface area contributed by atoms with Crippen LogP contribution in [0.25, 0.3) is 6.08 Å². The first-order chi connectivity index (χ1) is 13.1. The maximum Gasteiger partial charge on any atom is 0.248 e. The molecule has 0 aromatic carbocycles. The Bertz CT molecular complexity index is 1030. The standard InChI is InChI=1S/C23H23N3O/c1-3-19-18-13-16(2)15-23(19,20-6-7-22(27)26-21(20)14-18)25-10-4-5-17-8-11-24-12-9-17/h3-13,18H,14-15H2,1-2H3,(H,26,27)/t18-,23+/m0/s1. The van der Waals surface area contributed by atoms with Crippen LogP contribution in [-0.4, -0.2) is 16.2 Å². The quantitative estimate of drug-likeness (QED) is 0.660. The third-order valence-electron chi connectivity index (χ3n) is 5.45. The van der Waals surface area contributed by atoms with Crippen LogP contribution >= 0.6 is 0 Å². The zero-order valence-electron chi connectivity index (χ0n) is 15.6. The number of pyridine rings is 2. The van der Waals surface area contributed by atoms with Gasteiger partial charge in [0.1, 0.15) is 5.54 Å². The summed E-state index contributed by atoms with van der Waals surface area (Å²) in [5.41, 5.74) is 5.40. The normalized spacial score (nSPS) is 25.8. The average Bonchev–Trinajstić information content (AvgIpc) is 2.65. The van der Waals surface area contributed by atoms with Crippen molar-refractivity contribution < 1.29 is 0 Å². The highest BCUT2D eigenvalue weighted by molar-refractivity contribution is 5.79. The summed E-state index contributed by atoms with van der Waals surface area (Å²) >= 11 is 0. The highest BCUT2D eigenvalue weighted by Crippen LogP contribution is 2.51. The molecule has 136 valence electrons. The Morgan fingerprint density at radius 2 is 2.07 bits per heavy atom. The van der Waals surface area contributed by atoms with Crippen molar-refractivity contribution in [1.82, 2.24) is 9.97 Å². The second kappa shape index (κ2) is 6.95. The van der Waals surface area contributed by atoms with E-state index in [4.69, 9.17) is 4.99 Å². The zero-order chi connectivity index (χ0) is 18.9. The highest BCUT2D eigenvalue weighted by Gasteiger charge is 2.46. The van der Waals surface area contributed by atoms with E-state index < -0.39 is 5.54 Å². The fourth-order valence-corrected chi connectivity index (χ4v) is 4.45. The van der Waals surface area contributed by atoms with E-state index in [1.54, 1.807) is 18.5 Å². The molecular weight excluding hydrogens is 334 g/mol. The number of rotatable bonds is 3. The van der Waals surface area contributed by atoms with Crippen LogP contribution in [0.2, 0.25) is 0 Å². The van der Waals surface area contributed by atoms with E-state index in [1.807, 2.05) is 36.6 Å². The largest absolute Gasteiger partial charge is 0.326 e. The lowest BCUT2D eigenvalue weighted by Crippen LogP contribution is -2.40. The molecule has 0 aliphatic heterocycles. The molecule has 0 spiro atoms. The Hall–Kier alpha value is -3.01. The molecule has 2 aliphatic rings. The van der Waals surface area contributed by atoms with Crippen LogP contribution in [0.15, 0.2) is 75.8 Å². The highest BCUT2D eigenvalue weighted by atomic mass is 16.1. The number of nitrogens with zero attached hydrogens (tertiary/aromatic N) is 2. The number of hydrogen-bond donors (Lipinski definition) is 1. The fraction of sp³-hybridized carbons (Fsp3) is 0.261. The molecule has 2 heterocycles. The van der Waals surface area contributed by atoms with Gasteiger partial charge in [0.05, 0.1) is 0 Å². The number of fused-ring (bicyclic) bond motifs is 4. The minimum Gasteiger partial charge on any atom is -0.326 e. The van der Waals surface area contributed by atoms with Gasteiger partial charge in [0.15, 0.2) is 0 Å². The number of nitrogens with one attached hydrogen (secondary N) is 1. The van der Waals surface area contributed by atoms with Gasteiger partial charge in [0.25, 0.3) is 0 Å². The lowest BCUT2D eigenvalue weighted by atomic mass is 9.63. The Morgan fingerprint density at radius 3 is 2.85 bits per heavy atom. The molecule has 0 saturated heterocycles. The van der Waals surface area contributed by atoms with Crippen LogP contribution in [0.1, 0.15) is 37.1 Å². The summed E-state index contributed by atoms with van der Waals surface area (Å²) in [5.74, 6) is 0.288. The molecule has 2 aromatic heterocycles. The predicted molar refractivity (Wildman–Crippen MR) is 110 cm³/mol. The van der Waals surface area contributed by atoms with Gasteiger partial charge < -0.3 is 4.98 Å². The van der Waals surface area contributed by atoms with Crippen LogP contribution in [-0.2, 0) is 12.0 Å². The number of hydrogen-bond acceptors (Lipinski definition) is 3. The van der Waals surface area contributed by atoms with E-state index in [2.05, 4.69) is 36.0 Å². The molecular formula is C23H23N3O. The first kappa shape index (κ1) is 17.4. The molecule has 0 saturated carbocycles. The Morgan fingerprint density at radius 1 is 1.26 bits per heavy atom. The fourth-order valence-electron chi connectivity index (χ4n) is 4.45. The molecule has 0 unspecified atom stereocenters. The van der Waals surface area contributed by atoms with Crippen molar-refractivity contribution in [3.63, 3.8) is 0 Å². The van der Waals surface area contributed by atoms with Crippen LogP contribution in [0.3, 0.4) is 0 Å². The van der Waals surface area contributed by atoms with E-state index in [0.29, 0.717) is 0 Å². The Labute approximate surface area is 159 Å². The van der Waals surface area contributed by atoms with Crippen molar-refractivity contribution >= 4 is 12.3 Å². The summed E-state index contributed by atoms with van der Waals surface area (Å²) in [6.45, 7) is 4.26. The van der Waals surface area contributed by atoms with Crippen LogP contribution in [0, 0.1) is 5.92 Å². The Kier molecular flexibility index (Phi) is 4.48. The molecule has 2 atom stereocenters. The zero-order valence-corrected chi connectivity index (χ0v) is 15.6. The monoisotopic (exact) mass is 357 g/mol. The number of aliphatic imine (C=N–C) groups is 1. The van der Waals surface area contributed by atoms with Gasteiger partial charge in [-0.25, -0.2) is 0 Å².